The predicted octanol–water partition coefficient (Wildman–Crippen LogP) is 3.61. The molecule has 130 valence electrons. The van der Waals surface area contributed by atoms with E-state index in [1.165, 1.54) is 4.70 Å². The molecule has 0 radical (unpaired) electrons. The first-order valence-corrected chi connectivity index (χ1v) is 9.47. The van der Waals surface area contributed by atoms with Crippen LogP contribution < -0.4 is 5.32 Å². The van der Waals surface area contributed by atoms with Crippen LogP contribution in [0.15, 0.2) is 24.3 Å². The van der Waals surface area contributed by atoms with Crippen LogP contribution in [-0.4, -0.2) is 49.3 Å². The first-order valence-electron chi connectivity index (χ1n) is 8.65. The minimum Gasteiger partial charge on any atom is -0.385 e. The Balaban J connectivity index is 1.54. The van der Waals surface area contributed by atoms with Crippen LogP contribution >= 0.6 is 11.3 Å². The zero-order chi connectivity index (χ0) is 16.8. The third-order valence-electron chi connectivity index (χ3n) is 4.42. The Morgan fingerprint density at radius 3 is 3.12 bits per heavy atom. The summed E-state index contributed by atoms with van der Waals surface area (Å²) in [4.78, 5) is 19.1. The number of urea groups is 1. The number of amides is 2. The number of likely N-dealkylation sites (tertiary alicyclic amines) is 1. The summed E-state index contributed by atoms with van der Waals surface area (Å²) < 4.78 is 6.25. The molecule has 1 aliphatic rings. The van der Waals surface area contributed by atoms with Gasteiger partial charge in [-0.2, -0.15) is 0 Å². The molecule has 1 fully saturated rings. The van der Waals surface area contributed by atoms with Crippen molar-refractivity contribution in [1.82, 2.24) is 15.2 Å². The number of aromatic nitrogens is 1. The van der Waals surface area contributed by atoms with E-state index in [1.807, 2.05) is 11.0 Å². The van der Waals surface area contributed by atoms with Crippen LogP contribution in [0.5, 0.6) is 0 Å². The second kappa shape index (κ2) is 8.44. The summed E-state index contributed by atoms with van der Waals surface area (Å²) in [5.74, 6) is 0.357. The van der Waals surface area contributed by atoms with Gasteiger partial charge < -0.3 is 15.0 Å². The van der Waals surface area contributed by atoms with Crippen LogP contribution in [0.25, 0.3) is 10.2 Å². The number of piperidine rings is 1. The molecule has 1 N–H and O–H groups in total. The number of unbranched alkanes of at least 4 members (excludes halogenated alkanes) is 1. The average molecular weight is 347 g/mol. The molecule has 1 aromatic carbocycles. The van der Waals surface area contributed by atoms with Crippen molar-refractivity contribution >= 4 is 27.6 Å². The number of methoxy groups -OCH3 is 1. The third kappa shape index (κ3) is 4.24. The first-order chi connectivity index (χ1) is 11.8. The average Bonchev–Trinajstić information content (AvgIpc) is 3.06. The van der Waals surface area contributed by atoms with Gasteiger partial charge >= 0.3 is 6.03 Å². The molecule has 2 heterocycles. The maximum absolute atomic E-state index is 12.3. The number of hydrogen-bond acceptors (Lipinski definition) is 4. The van der Waals surface area contributed by atoms with Crippen LogP contribution in [0.3, 0.4) is 0 Å². The summed E-state index contributed by atoms with van der Waals surface area (Å²) in [6.07, 6.45) is 4.08. The fourth-order valence-electron chi connectivity index (χ4n) is 3.11. The van der Waals surface area contributed by atoms with E-state index in [9.17, 15) is 4.79 Å². The van der Waals surface area contributed by atoms with Crippen LogP contribution in [0.1, 0.15) is 36.6 Å². The summed E-state index contributed by atoms with van der Waals surface area (Å²) in [7, 11) is 1.70. The molecule has 0 bridgehead atoms. The largest absolute Gasteiger partial charge is 0.385 e. The monoisotopic (exact) mass is 347 g/mol. The van der Waals surface area contributed by atoms with Gasteiger partial charge in [-0.1, -0.05) is 12.1 Å². The number of ether oxygens (including phenoxy) is 1. The topological polar surface area (TPSA) is 54.5 Å². The van der Waals surface area contributed by atoms with Gasteiger partial charge in [0.2, 0.25) is 0 Å². The number of carbonyl (C=O) groups excluding carboxylic acids is 1. The van der Waals surface area contributed by atoms with Crippen molar-refractivity contribution < 1.29 is 9.53 Å². The number of nitrogens with one attached hydrogen (secondary N) is 1. The molecular formula is C18H25N3O2S. The van der Waals surface area contributed by atoms with Crippen LogP contribution in [0, 0.1) is 0 Å². The van der Waals surface area contributed by atoms with E-state index in [4.69, 9.17) is 9.72 Å². The molecule has 0 saturated carbocycles. The zero-order valence-corrected chi connectivity index (χ0v) is 15.0. The standard InChI is InChI=1S/C18H25N3O2S/c1-23-12-5-4-10-19-18(22)21-11-6-7-14(13-21)17-20-15-8-2-3-9-16(15)24-17/h2-3,8-9,14H,4-7,10-13H2,1H3,(H,19,22). The first kappa shape index (κ1) is 17.2. The van der Waals surface area contributed by atoms with E-state index in [-0.39, 0.29) is 6.03 Å². The molecule has 2 amide bonds. The van der Waals surface area contributed by atoms with E-state index in [1.54, 1.807) is 18.4 Å². The highest BCUT2D eigenvalue weighted by atomic mass is 32.1. The van der Waals surface area contributed by atoms with Gasteiger partial charge in [-0.25, -0.2) is 9.78 Å². The molecule has 6 heteroatoms. The number of carbonyl (C=O) groups is 1. The highest BCUT2D eigenvalue weighted by molar-refractivity contribution is 7.18. The number of fused-ring (bicyclic) bond motifs is 1. The lowest BCUT2D eigenvalue weighted by Crippen LogP contribution is -2.45. The fraction of sp³-hybridized carbons (Fsp3) is 0.556. The van der Waals surface area contributed by atoms with Gasteiger partial charge in [0.05, 0.1) is 15.2 Å². The van der Waals surface area contributed by atoms with E-state index in [2.05, 4.69) is 23.5 Å². The number of hydrogen-bond donors (Lipinski definition) is 1. The van der Waals surface area contributed by atoms with Crippen LogP contribution in [0.4, 0.5) is 4.79 Å². The number of rotatable bonds is 6. The van der Waals surface area contributed by atoms with Crippen LogP contribution in [-0.2, 0) is 4.74 Å². The van der Waals surface area contributed by atoms with Gasteiger partial charge in [0, 0.05) is 39.3 Å². The van der Waals surface area contributed by atoms with Crippen molar-refractivity contribution in [2.75, 3.05) is 33.4 Å². The van der Waals surface area contributed by atoms with Gasteiger partial charge in [0.25, 0.3) is 0 Å². The van der Waals surface area contributed by atoms with E-state index >= 15 is 0 Å². The van der Waals surface area contributed by atoms with Crippen molar-refractivity contribution in [3.8, 4) is 0 Å². The minimum absolute atomic E-state index is 0.0539. The van der Waals surface area contributed by atoms with Gasteiger partial charge in [-0.05, 0) is 37.8 Å². The molecule has 1 unspecified atom stereocenters. The van der Waals surface area contributed by atoms with Crippen molar-refractivity contribution in [3.63, 3.8) is 0 Å². The molecule has 3 rings (SSSR count). The maximum atomic E-state index is 12.3. The fourth-order valence-corrected chi connectivity index (χ4v) is 4.20. The Kier molecular flexibility index (Phi) is 6.04. The Morgan fingerprint density at radius 1 is 1.42 bits per heavy atom. The molecule has 0 aliphatic carbocycles. The lowest BCUT2D eigenvalue weighted by atomic mass is 9.99. The molecule has 1 saturated heterocycles. The lowest BCUT2D eigenvalue weighted by molar-refractivity contribution is 0.176. The van der Waals surface area contributed by atoms with E-state index in [0.29, 0.717) is 12.5 Å². The van der Waals surface area contributed by atoms with Crippen molar-refractivity contribution in [1.29, 1.82) is 0 Å². The SMILES string of the molecule is COCCCCNC(=O)N1CCCC(c2nc3ccccc3s2)C1. The Labute approximate surface area is 147 Å². The van der Waals surface area contributed by atoms with E-state index < -0.39 is 0 Å². The van der Waals surface area contributed by atoms with Crippen molar-refractivity contribution in [3.05, 3.63) is 29.3 Å². The van der Waals surface area contributed by atoms with E-state index in [0.717, 1.165) is 55.9 Å². The van der Waals surface area contributed by atoms with Crippen LogP contribution in [0.2, 0.25) is 0 Å². The van der Waals surface area contributed by atoms with Gasteiger partial charge in [-0.15, -0.1) is 11.3 Å². The Morgan fingerprint density at radius 2 is 2.29 bits per heavy atom. The molecule has 24 heavy (non-hydrogen) atoms. The number of thiazole rings is 1. The van der Waals surface area contributed by atoms with Crippen molar-refractivity contribution in [2.45, 2.75) is 31.6 Å². The molecule has 1 aromatic heterocycles. The van der Waals surface area contributed by atoms with Gasteiger partial charge in [0.1, 0.15) is 0 Å². The highest BCUT2D eigenvalue weighted by Crippen LogP contribution is 2.32. The van der Waals surface area contributed by atoms with Gasteiger partial charge in [-0.3, -0.25) is 0 Å². The lowest BCUT2D eigenvalue weighted by Gasteiger charge is -2.31. The number of para-hydroxylation sites is 1. The normalized spacial score (nSPS) is 18.0. The summed E-state index contributed by atoms with van der Waals surface area (Å²) in [5.41, 5.74) is 1.07. The second-order valence-corrected chi connectivity index (χ2v) is 7.30. The second-order valence-electron chi connectivity index (χ2n) is 6.24. The molecule has 2 aromatic rings. The van der Waals surface area contributed by atoms with Gasteiger partial charge in [0.15, 0.2) is 0 Å². The molecule has 5 nitrogen and oxygen atoms in total. The Bertz CT molecular complexity index is 640. The highest BCUT2D eigenvalue weighted by Gasteiger charge is 2.26. The molecule has 1 atom stereocenters. The van der Waals surface area contributed by atoms with Crippen molar-refractivity contribution in [2.24, 2.45) is 0 Å². The smallest absolute Gasteiger partial charge is 0.317 e. The molecule has 0 spiro atoms. The molecular weight excluding hydrogens is 322 g/mol. The summed E-state index contributed by atoms with van der Waals surface area (Å²) >= 11 is 1.76. The number of nitrogens with zero attached hydrogens (tertiary/aromatic N) is 2. The minimum atomic E-state index is 0.0539. The molecule has 1 aliphatic heterocycles. The summed E-state index contributed by atoms with van der Waals surface area (Å²) in [6.45, 7) is 3.07. The maximum Gasteiger partial charge on any atom is 0.317 e. The Hall–Kier alpha value is -1.66. The predicted molar refractivity (Wildman–Crippen MR) is 97.7 cm³/mol. The summed E-state index contributed by atoms with van der Waals surface area (Å²) in [6, 6.07) is 8.30. The zero-order valence-electron chi connectivity index (χ0n) is 14.2. The third-order valence-corrected chi connectivity index (χ3v) is 5.62. The number of benzene rings is 1. The quantitative estimate of drug-likeness (QED) is 0.812. The summed E-state index contributed by atoms with van der Waals surface area (Å²) in [5, 5.41) is 4.19.